The molecule has 1 aliphatic rings. The molecule has 0 aromatic heterocycles. The van der Waals surface area contributed by atoms with Crippen LogP contribution >= 0.6 is 0 Å². The van der Waals surface area contributed by atoms with Gasteiger partial charge in [-0.3, -0.25) is 4.79 Å². The summed E-state index contributed by atoms with van der Waals surface area (Å²) in [5, 5.41) is 0. The molecule has 0 saturated carbocycles. The Balaban J connectivity index is 2.13. The molecule has 1 fully saturated rings. The monoisotopic (exact) mass is 369 g/mol. The lowest BCUT2D eigenvalue weighted by atomic mass is 10.0. The van der Waals surface area contributed by atoms with E-state index in [2.05, 4.69) is 13.8 Å². The Bertz CT molecular complexity index is 723. The van der Waals surface area contributed by atoms with Crippen LogP contribution in [0.25, 0.3) is 0 Å². The molecule has 1 amide bonds. The average molecular weight is 369 g/mol. The number of carbonyl (C=O) groups is 1. The van der Waals surface area contributed by atoms with Gasteiger partial charge in [0, 0.05) is 40.3 Å². The number of ether oxygens (including phenoxy) is 1. The van der Waals surface area contributed by atoms with Gasteiger partial charge in [0.2, 0.25) is 0 Å². The summed E-state index contributed by atoms with van der Waals surface area (Å²) in [4.78, 5) is 14.5. The van der Waals surface area contributed by atoms with Crippen molar-refractivity contribution < 1.29 is 17.9 Å². The lowest BCUT2D eigenvalue weighted by Gasteiger charge is -2.35. The van der Waals surface area contributed by atoms with Crippen LogP contribution < -0.4 is 4.74 Å². The zero-order valence-corrected chi connectivity index (χ0v) is 16.3. The summed E-state index contributed by atoms with van der Waals surface area (Å²) in [6.45, 7) is 5.47. The number of carbonyl (C=O) groups excluding carboxylic acids is 1. The Morgan fingerprint density at radius 1 is 1.16 bits per heavy atom. The Kier molecular flexibility index (Phi) is 6.08. The third-order valence-electron chi connectivity index (χ3n) is 4.44. The maximum absolute atomic E-state index is 12.8. The van der Waals surface area contributed by atoms with Gasteiger partial charge in [-0.25, -0.2) is 0 Å². The highest BCUT2D eigenvalue weighted by Gasteiger charge is 2.31. The van der Waals surface area contributed by atoms with E-state index in [-0.39, 0.29) is 5.91 Å². The zero-order chi connectivity index (χ0) is 18.8. The minimum atomic E-state index is -3.44. The molecule has 0 radical (unpaired) electrons. The standard InChI is InChI=1S/C17H27N3O4S/c1-13(2)14-6-7-15(16(12-14)24-5)17(21)19-8-10-20(11-9-19)25(22,23)18(3)4/h6-7,12-13H,8-11H2,1-5H3. The molecular weight excluding hydrogens is 342 g/mol. The van der Waals surface area contributed by atoms with Gasteiger partial charge in [-0.05, 0) is 23.6 Å². The molecule has 0 aliphatic carbocycles. The third kappa shape index (κ3) is 4.13. The minimum Gasteiger partial charge on any atom is -0.496 e. The molecule has 25 heavy (non-hydrogen) atoms. The van der Waals surface area contributed by atoms with E-state index in [1.165, 1.54) is 22.7 Å². The van der Waals surface area contributed by atoms with Crippen molar-refractivity contribution in [3.8, 4) is 5.75 Å². The Labute approximate surface area is 150 Å². The number of benzene rings is 1. The van der Waals surface area contributed by atoms with E-state index in [0.29, 0.717) is 43.4 Å². The molecule has 1 aromatic carbocycles. The highest BCUT2D eigenvalue weighted by Crippen LogP contribution is 2.26. The number of hydrogen-bond donors (Lipinski definition) is 0. The van der Waals surface area contributed by atoms with Gasteiger partial charge >= 0.3 is 0 Å². The first-order valence-electron chi connectivity index (χ1n) is 8.33. The molecule has 1 aromatic rings. The molecule has 1 heterocycles. The summed E-state index contributed by atoms with van der Waals surface area (Å²) in [5.41, 5.74) is 1.62. The summed E-state index contributed by atoms with van der Waals surface area (Å²) < 4.78 is 32.3. The van der Waals surface area contributed by atoms with Crippen molar-refractivity contribution in [3.63, 3.8) is 0 Å². The van der Waals surface area contributed by atoms with Crippen LogP contribution in [0, 0.1) is 0 Å². The number of hydrogen-bond acceptors (Lipinski definition) is 4. The average Bonchev–Trinajstić information content (AvgIpc) is 2.60. The van der Waals surface area contributed by atoms with Gasteiger partial charge in [-0.1, -0.05) is 19.9 Å². The van der Waals surface area contributed by atoms with E-state index in [9.17, 15) is 13.2 Å². The third-order valence-corrected chi connectivity index (χ3v) is 6.38. The van der Waals surface area contributed by atoms with E-state index >= 15 is 0 Å². The van der Waals surface area contributed by atoms with E-state index in [4.69, 9.17) is 4.74 Å². The number of methoxy groups -OCH3 is 1. The summed E-state index contributed by atoms with van der Waals surface area (Å²) in [6, 6.07) is 5.62. The minimum absolute atomic E-state index is 0.131. The first-order valence-corrected chi connectivity index (χ1v) is 9.73. The molecule has 8 heteroatoms. The zero-order valence-electron chi connectivity index (χ0n) is 15.5. The van der Waals surface area contributed by atoms with E-state index < -0.39 is 10.2 Å². The van der Waals surface area contributed by atoms with Crippen LogP contribution in [0.5, 0.6) is 5.75 Å². The summed E-state index contributed by atoms with van der Waals surface area (Å²) in [7, 11) is 1.13. The van der Waals surface area contributed by atoms with Crippen molar-refractivity contribution in [1.29, 1.82) is 0 Å². The lowest BCUT2D eigenvalue weighted by molar-refractivity contribution is 0.0692. The molecule has 0 N–H and O–H groups in total. The van der Waals surface area contributed by atoms with Crippen LogP contribution in [0.2, 0.25) is 0 Å². The molecule has 1 saturated heterocycles. The summed E-state index contributed by atoms with van der Waals surface area (Å²) >= 11 is 0. The van der Waals surface area contributed by atoms with Gasteiger partial charge in [0.05, 0.1) is 12.7 Å². The number of nitrogens with zero attached hydrogens (tertiary/aromatic N) is 3. The molecule has 0 unspecified atom stereocenters. The fourth-order valence-electron chi connectivity index (χ4n) is 2.77. The molecule has 0 atom stereocenters. The van der Waals surface area contributed by atoms with Crippen molar-refractivity contribution >= 4 is 16.1 Å². The van der Waals surface area contributed by atoms with Crippen LogP contribution in [0.4, 0.5) is 0 Å². The van der Waals surface area contributed by atoms with Crippen molar-refractivity contribution in [2.24, 2.45) is 0 Å². The van der Waals surface area contributed by atoms with Gasteiger partial charge < -0.3 is 9.64 Å². The predicted molar refractivity (Wildman–Crippen MR) is 97.2 cm³/mol. The summed E-state index contributed by atoms with van der Waals surface area (Å²) in [6.07, 6.45) is 0. The fraction of sp³-hybridized carbons (Fsp3) is 0.588. The Morgan fingerprint density at radius 2 is 1.76 bits per heavy atom. The highest BCUT2D eigenvalue weighted by molar-refractivity contribution is 7.86. The maximum atomic E-state index is 12.8. The normalized spacial score (nSPS) is 16.5. The van der Waals surface area contributed by atoms with E-state index in [0.717, 1.165) is 5.56 Å². The van der Waals surface area contributed by atoms with Crippen molar-refractivity contribution in [2.45, 2.75) is 19.8 Å². The lowest BCUT2D eigenvalue weighted by Crippen LogP contribution is -2.53. The first kappa shape index (κ1) is 19.7. The largest absolute Gasteiger partial charge is 0.496 e. The molecule has 140 valence electrons. The summed E-state index contributed by atoms with van der Waals surface area (Å²) in [5.74, 6) is 0.770. The van der Waals surface area contributed by atoms with E-state index in [1.54, 1.807) is 18.1 Å². The van der Waals surface area contributed by atoms with Crippen molar-refractivity contribution in [1.82, 2.24) is 13.5 Å². The quantitative estimate of drug-likeness (QED) is 0.786. The van der Waals surface area contributed by atoms with Crippen LogP contribution in [0.1, 0.15) is 35.7 Å². The second-order valence-electron chi connectivity index (χ2n) is 6.60. The smallest absolute Gasteiger partial charge is 0.281 e. The van der Waals surface area contributed by atoms with Gasteiger partial charge in [-0.2, -0.15) is 17.0 Å². The van der Waals surface area contributed by atoms with Crippen LogP contribution in [0.3, 0.4) is 0 Å². The van der Waals surface area contributed by atoms with Crippen LogP contribution in [0.15, 0.2) is 18.2 Å². The van der Waals surface area contributed by atoms with Gasteiger partial charge in [0.1, 0.15) is 5.75 Å². The van der Waals surface area contributed by atoms with Crippen LogP contribution in [-0.4, -0.2) is 75.2 Å². The number of amides is 1. The Morgan fingerprint density at radius 3 is 2.24 bits per heavy atom. The Hall–Kier alpha value is -1.64. The maximum Gasteiger partial charge on any atom is 0.281 e. The van der Waals surface area contributed by atoms with Gasteiger partial charge in [0.25, 0.3) is 16.1 Å². The molecule has 7 nitrogen and oxygen atoms in total. The number of piperazine rings is 1. The van der Waals surface area contributed by atoms with Crippen LogP contribution in [-0.2, 0) is 10.2 Å². The SMILES string of the molecule is COc1cc(C(C)C)ccc1C(=O)N1CCN(S(=O)(=O)N(C)C)CC1. The molecule has 0 bridgehead atoms. The second kappa shape index (κ2) is 7.72. The van der Waals surface area contributed by atoms with E-state index in [1.807, 2.05) is 12.1 Å². The predicted octanol–water partition coefficient (Wildman–Crippen LogP) is 1.38. The second-order valence-corrected chi connectivity index (χ2v) is 8.74. The molecule has 1 aliphatic heterocycles. The highest BCUT2D eigenvalue weighted by atomic mass is 32.2. The molecule has 0 spiro atoms. The van der Waals surface area contributed by atoms with Crippen molar-refractivity contribution in [2.75, 3.05) is 47.4 Å². The van der Waals surface area contributed by atoms with Gasteiger partial charge in [-0.15, -0.1) is 0 Å². The molecular formula is C17H27N3O4S. The van der Waals surface area contributed by atoms with Gasteiger partial charge in [0.15, 0.2) is 0 Å². The molecule has 2 rings (SSSR count). The number of rotatable bonds is 5. The van der Waals surface area contributed by atoms with Crippen molar-refractivity contribution in [3.05, 3.63) is 29.3 Å². The topological polar surface area (TPSA) is 70.2 Å². The fourth-order valence-corrected chi connectivity index (χ4v) is 3.85. The first-order chi connectivity index (χ1) is 11.7.